The minimum atomic E-state index is -0.267. The number of rotatable bonds is 7. The standard InChI is InChI=1S/C34H56N2O/c1-6-7-8-9-22(2)26-12-13-27-25-11-15-30-33(4,28(25)16-18-32(26,27)3)19-17-31(37)34(30,5)21-23-20-24(35)10-14-29(23)36/h10,14,20,22,25-28,30-31,37H,6-9,11-13,15-19,21,35-36H2,1-5H3. The molecule has 0 bridgehead atoms. The monoisotopic (exact) mass is 508 g/mol. The summed E-state index contributed by atoms with van der Waals surface area (Å²) in [5.74, 6) is 4.94. The third-order valence-corrected chi connectivity index (χ3v) is 13.1. The molecule has 0 amide bonds. The van der Waals surface area contributed by atoms with E-state index in [1.54, 1.807) is 0 Å². The summed E-state index contributed by atoms with van der Waals surface area (Å²) in [4.78, 5) is 0. The van der Waals surface area contributed by atoms with Crippen molar-refractivity contribution in [3.05, 3.63) is 23.8 Å². The summed E-state index contributed by atoms with van der Waals surface area (Å²) in [6.45, 7) is 12.6. The van der Waals surface area contributed by atoms with Crippen LogP contribution in [-0.2, 0) is 6.42 Å². The Hall–Kier alpha value is -1.22. The number of hydrogen-bond acceptors (Lipinski definition) is 3. The van der Waals surface area contributed by atoms with Crippen LogP contribution in [0.5, 0.6) is 0 Å². The van der Waals surface area contributed by atoms with Gasteiger partial charge >= 0.3 is 0 Å². The van der Waals surface area contributed by atoms with E-state index in [2.05, 4.69) is 40.7 Å². The van der Waals surface area contributed by atoms with Gasteiger partial charge in [0.25, 0.3) is 0 Å². The van der Waals surface area contributed by atoms with Gasteiger partial charge in [0.05, 0.1) is 6.10 Å². The summed E-state index contributed by atoms with van der Waals surface area (Å²) >= 11 is 0. The number of anilines is 2. The Morgan fingerprint density at radius 2 is 1.65 bits per heavy atom. The van der Waals surface area contributed by atoms with Crippen LogP contribution in [0, 0.1) is 51.8 Å². The average Bonchev–Trinajstić information content (AvgIpc) is 3.22. The van der Waals surface area contributed by atoms with Crippen molar-refractivity contribution in [2.24, 2.45) is 51.8 Å². The fourth-order valence-electron chi connectivity index (χ4n) is 11.2. The lowest BCUT2D eigenvalue weighted by Gasteiger charge is -2.65. The normalized spacial score (nSPS) is 44.1. The Kier molecular flexibility index (Phi) is 7.44. The lowest BCUT2D eigenvalue weighted by Crippen LogP contribution is -2.60. The number of benzene rings is 1. The second kappa shape index (κ2) is 10.1. The Morgan fingerprint density at radius 1 is 0.919 bits per heavy atom. The van der Waals surface area contributed by atoms with Crippen LogP contribution in [0.1, 0.15) is 117 Å². The lowest BCUT2D eigenvalue weighted by atomic mass is 9.40. The molecule has 4 aliphatic rings. The van der Waals surface area contributed by atoms with Crippen molar-refractivity contribution in [3.63, 3.8) is 0 Å². The van der Waals surface area contributed by atoms with Gasteiger partial charge in [-0.3, -0.25) is 0 Å². The molecule has 4 aliphatic carbocycles. The molecule has 10 unspecified atom stereocenters. The molecule has 0 heterocycles. The SMILES string of the molecule is CCCCCC(C)C1CCC2C3CCC4C(C)(Cc5cc(N)ccc5N)C(O)CCC4(C)C3CCC12C. The molecule has 4 saturated carbocycles. The molecule has 4 fully saturated rings. The molecule has 3 heteroatoms. The molecule has 1 aromatic carbocycles. The van der Waals surface area contributed by atoms with Gasteiger partial charge in [-0.1, -0.05) is 60.3 Å². The second-order valence-electron chi connectivity index (χ2n) is 14.9. The molecule has 5 rings (SSSR count). The van der Waals surface area contributed by atoms with E-state index in [1.807, 2.05) is 12.1 Å². The molecular weight excluding hydrogens is 452 g/mol. The van der Waals surface area contributed by atoms with Crippen molar-refractivity contribution in [1.29, 1.82) is 0 Å². The third kappa shape index (κ3) is 4.44. The Balaban J connectivity index is 1.38. The van der Waals surface area contributed by atoms with Crippen LogP contribution in [0.15, 0.2) is 18.2 Å². The summed E-state index contributed by atoms with van der Waals surface area (Å²) in [5.41, 5.74) is 16.0. The minimum Gasteiger partial charge on any atom is -0.399 e. The number of aliphatic hydroxyl groups is 1. The highest BCUT2D eigenvalue weighted by Gasteiger charge is 2.64. The molecule has 3 nitrogen and oxygen atoms in total. The number of unbranched alkanes of at least 4 members (excludes halogenated alkanes) is 2. The van der Waals surface area contributed by atoms with E-state index in [0.717, 1.165) is 59.4 Å². The van der Waals surface area contributed by atoms with E-state index in [9.17, 15) is 5.11 Å². The fraction of sp³-hybridized carbons (Fsp3) is 0.824. The molecule has 1 aromatic rings. The van der Waals surface area contributed by atoms with Crippen molar-refractivity contribution < 1.29 is 5.11 Å². The largest absolute Gasteiger partial charge is 0.399 e. The van der Waals surface area contributed by atoms with E-state index in [4.69, 9.17) is 11.5 Å². The lowest BCUT2D eigenvalue weighted by molar-refractivity contribution is -0.184. The first-order valence-corrected chi connectivity index (χ1v) is 15.9. The predicted molar refractivity (Wildman–Crippen MR) is 157 cm³/mol. The zero-order valence-corrected chi connectivity index (χ0v) is 24.6. The van der Waals surface area contributed by atoms with Crippen LogP contribution in [0.25, 0.3) is 0 Å². The van der Waals surface area contributed by atoms with Crippen molar-refractivity contribution in [2.45, 2.75) is 124 Å². The molecule has 0 spiro atoms. The number of aliphatic hydroxyl groups excluding tert-OH is 1. The highest BCUT2D eigenvalue weighted by atomic mass is 16.3. The van der Waals surface area contributed by atoms with Gasteiger partial charge in [0.1, 0.15) is 0 Å². The molecule has 5 N–H and O–H groups in total. The van der Waals surface area contributed by atoms with Crippen LogP contribution in [-0.4, -0.2) is 11.2 Å². The summed E-state index contributed by atoms with van der Waals surface area (Å²) in [7, 11) is 0. The van der Waals surface area contributed by atoms with Gasteiger partial charge in [0, 0.05) is 16.8 Å². The summed E-state index contributed by atoms with van der Waals surface area (Å²) in [6, 6.07) is 5.89. The highest BCUT2D eigenvalue weighted by molar-refractivity contribution is 5.55. The van der Waals surface area contributed by atoms with Crippen molar-refractivity contribution in [2.75, 3.05) is 11.5 Å². The molecule has 208 valence electrons. The fourth-order valence-corrected chi connectivity index (χ4v) is 11.2. The van der Waals surface area contributed by atoms with Crippen LogP contribution < -0.4 is 11.5 Å². The van der Waals surface area contributed by atoms with E-state index < -0.39 is 0 Å². The van der Waals surface area contributed by atoms with Crippen LogP contribution in [0.2, 0.25) is 0 Å². The number of hydrogen-bond donors (Lipinski definition) is 3. The zero-order valence-electron chi connectivity index (χ0n) is 24.6. The van der Waals surface area contributed by atoms with Gasteiger partial charge in [-0.25, -0.2) is 0 Å². The maximum atomic E-state index is 11.5. The maximum Gasteiger partial charge on any atom is 0.0600 e. The Morgan fingerprint density at radius 3 is 2.41 bits per heavy atom. The van der Waals surface area contributed by atoms with Gasteiger partial charge in [0.15, 0.2) is 0 Å². The van der Waals surface area contributed by atoms with Gasteiger partial charge in [0.2, 0.25) is 0 Å². The summed E-state index contributed by atoms with van der Waals surface area (Å²) < 4.78 is 0. The first-order chi connectivity index (χ1) is 17.5. The van der Waals surface area contributed by atoms with E-state index in [-0.39, 0.29) is 11.5 Å². The topological polar surface area (TPSA) is 72.3 Å². The van der Waals surface area contributed by atoms with Crippen LogP contribution >= 0.6 is 0 Å². The average molecular weight is 509 g/mol. The molecule has 0 aliphatic heterocycles. The highest BCUT2D eigenvalue weighted by Crippen LogP contribution is 2.70. The van der Waals surface area contributed by atoms with E-state index in [1.165, 1.54) is 70.6 Å². The summed E-state index contributed by atoms with van der Waals surface area (Å²) in [6.07, 6.45) is 16.6. The van der Waals surface area contributed by atoms with E-state index >= 15 is 0 Å². The second-order valence-corrected chi connectivity index (χ2v) is 14.9. The summed E-state index contributed by atoms with van der Waals surface area (Å²) in [5, 5.41) is 11.5. The first-order valence-electron chi connectivity index (χ1n) is 15.9. The van der Waals surface area contributed by atoms with Crippen LogP contribution in [0.3, 0.4) is 0 Å². The number of nitrogen functional groups attached to an aromatic ring is 2. The Bertz CT molecular complexity index is 961. The minimum absolute atomic E-state index is 0.146. The van der Waals surface area contributed by atoms with Crippen molar-refractivity contribution in [1.82, 2.24) is 0 Å². The number of nitrogens with two attached hydrogens (primary N) is 2. The van der Waals surface area contributed by atoms with Crippen molar-refractivity contribution in [3.8, 4) is 0 Å². The quantitative estimate of drug-likeness (QED) is 0.256. The van der Waals surface area contributed by atoms with Gasteiger partial charge in [-0.15, -0.1) is 0 Å². The van der Waals surface area contributed by atoms with Gasteiger partial charge in [-0.2, -0.15) is 0 Å². The Labute approximate surface area is 227 Å². The zero-order chi connectivity index (χ0) is 26.6. The smallest absolute Gasteiger partial charge is 0.0600 e. The first kappa shape index (κ1) is 27.4. The number of fused-ring (bicyclic) bond motifs is 5. The van der Waals surface area contributed by atoms with E-state index in [0.29, 0.717) is 16.7 Å². The maximum absolute atomic E-state index is 11.5. The molecule has 37 heavy (non-hydrogen) atoms. The van der Waals surface area contributed by atoms with Crippen LogP contribution in [0.4, 0.5) is 11.4 Å². The molecule has 0 radical (unpaired) electrons. The molecular formula is C34H56N2O. The third-order valence-electron chi connectivity index (χ3n) is 13.1. The molecule has 10 atom stereocenters. The van der Waals surface area contributed by atoms with Crippen molar-refractivity contribution >= 4 is 11.4 Å². The molecule has 0 saturated heterocycles. The molecule has 0 aromatic heterocycles. The van der Waals surface area contributed by atoms with Gasteiger partial charge < -0.3 is 16.6 Å². The van der Waals surface area contributed by atoms with Gasteiger partial charge in [-0.05, 0) is 128 Å². The predicted octanol–water partition coefficient (Wildman–Crippen LogP) is 8.25.